The van der Waals surface area contributed by atoms with Gasteiger partial charge in [0.2, 0.25) is 0 Å². The van der Waals surface area contributed by atoms with Gasteiger partial charge in [-0.1, -0.05) is 28.8 Å². The van der Waals surface area contributed by atoms with E-state index in [4.69, 9.17) is 5.11 Å². The van der Waals surface area contributed by atoms with Gasteiger partial charge in [-0.2, -0.15) is 0 Å². The predicted molar refractivity (Wildman–Crippen MR) is 79.7 cm³/mol. The second-order valence-electron chi connectivity index (χ2n) is 4.94. The van der Waals surface area contributed by atoms with Crippen LogP contribution in [0.2, 0.25) is 0 Å². The summed E-state index contributed by atoms with van der Waals surface area (Å²) < 4.78 is 0.932. The SMILES string of the molecule is O=C(Nc1ccc(Br)cc1)N[C@@H]1CCCC[C@H]1C(=O)O. The largest absolute Gasteiger partial charge is 0.481 e. The summed E-state index contributed by atoms with van der Waals surface area (Å²) in [5.74, 6) is -1.32. The molecule has 1 aliphatic carbocycles. The molecular formula is C14H17BrN2O3. The number of rotatable bonds is 3. The van der Waals surface area contributed by atoms with Crippen LogP contribution < -0.4 is 10.6 Å². The zero-order chi connectivity index (χ0) is 14.5. The molecule has 2 atom stereocenters. The zero-order valence-electron chi connectivity index (χ0n) is 10.9. The first-order chi connectivity index (χ1) is 9.56. The van der Waals surface area contributed by atoms with Gasteiger partial charge in [0.15, 0.2) is 0 Å². The van der Waals surface area contributed by atoms with E-state index in [1.807, 2.05) is 12.1 Å². The molecule has 0 spiro atoms. The Balaban J connectivity index is 1.92. The number of hydrogen-bond donors (Lipinski definition) is 3. The van der Waals surface area contributed by atoms with Gasteiger partial charge in [0.1, 0.15) is 0 Å². The molecular weight excluding hydrogens is 324 g/mol. The summed E-state index contributed by atoms with van der Waals surface area (Å²) in [6.07, 6.45) is 3.19. The second kappa shape index (κ2) is 6.74. The molecule has 6 heteroatoms. The Morgan fingerprint density at radius 1 is 1.15 bits per heavy atom. The van der Waals surface area contributed by atoms with Crippen molar-refractivity contribution < 1.29 is 14.7 Å². The molecule has 3 N–H and O–H groups in total. The smallest absolute Gasteiger partial charge is 0.319 e. The van der Waals surface area contributed by atoms with Gasteiger partial charge in [-0.05, 0) is 37.1 Å². The quantitative estimate of drug-likeness (QED) is 0.790. The van der Waals surface area contributed by atoms with Gasteiger partial charge in [0, 0.05) is 16.2 Å². The summed E-state index contributed by atoms with van der Waals surface area (Å²) in [4.78, 5) is 23.1. The van der Waals surface area contributed by atoms with Crippen LogP contribution in [0.1, 0.15) is 25.7 Å². The number of carbonyl (C=O) groups excluding carboxylic acids is 1. The number of benzene rings is 1. The van der Waals surface area contributed by atoms with Gasteiger partial charge in [-0.25, -0.2) is 4.79 Å². The van der Waals surface area contributed by atoms with Crippen molar-refractivity contribution in [2.75, 3.05) is 5.32 Å². The molecule has 108 valence electrons. The van der Waals surface area contributed by atoms with Crippen molar-refractivity contribution in [3.8, 4) is 0 Å². The summed E-state index contributed by atoms with van der Waals surface area (Å²) in [6, 6.07) is 6.56. The minimum Gasteiger partial charge on any atom is -0.481 e. The van der Waals surface area contributed by atoms with E-state index in [1.165, 1.54) is 0 Å². The van der Waals surface area contributed by atoms with Gasteiger partial charge >= 0.3 is 12.0 Å². The molecule has 0 radical (unpaired) electrons. The highest BCUT2D eigenvalue weighted by Gasteiger charge is 2.31. The topological polar surface area (TPSA) is 78.4 Å². The van der Waals surface area contributed by atoms with Gasteiger partial charge in [-0.3, -0.25) is 4.79 Å². The van der Waals surface area contributed by atoms with Crippen molar-refractivity contribution in [3.63, 3.8) is 0 Å². The van der Waals surface area contributed by atoms with Gasteiger partial charge in [0.25, 0.3) is 0 Å². The average molecular weight is 341 g/mol. The van der Waals surface area contributed by atoms with Crippen molar-refractivity contribution in [3.05, 3.63) is 28.7 Å². The molecule has 0 aromatic heterocycles. The van der Waals surface area contributed by atoms with Gasteiger partial charge in [0.05, 0.1) is 5.92 Å². The van der Waals surface area contributed by atoms with Gasteiger partial charge in [-0.15, -0.1) is 0 Å². The Hall–Kier alpha value is -1.56. The molecule has 2 rings (SSSR count). The molecule has 1 aromatic rings. The van der Waals surface area contributed by atoms with E-state index in [-0.39, 0.29) is 12.1 Å². The summed E-state index contributed by atoms with van der Waals surface area (Å²) >= 11 is 3.32. The Kier molecular flexibility index (Phi) is 5.00. The first-order valence-electron chi connectivity index (χ1n) is 6.62. The molecule has 2 amide bonds. The van der Waals surface area contributed by atoms with Crippen LogP contribution in [0.15, 0.2) is 28.7 Å². The molecule has 20 heavy (non-hydrogen) atoms. The number of carbonyl (C=O) groups is 2. The summed E-state index contributed by atoms with van der Waals surface area (Å²) in [5, 5.41) is 14.6. The van der Waals surface area contributed by atoms with E-state index in [0.29, 0.717) is 18.5 Å². The summed E-state index contributed by atoms with van der Waals surface area (Å²) in [5.41, 5.74) is 0.674. The lowest BCUT2D eigenvalue weighted by molar-refractivity contribution is -0.143. The van der Waals surface area contributed by atoms with E-state index < -0.39 is 11.9 Å². The number of urea groups is 1. The van der Waals surface area contributed by atoms with Crippen LogP contribution in [0.25, 0.3) is 0 Å². The number of anilines is 1. The van der Waals surface area contributed by atoms with E-state index >= 15 is 0 Å². The predicted octanol–water partition coefficient (Wildman–Crippen LogP) is 3.21. The fourth-order valence-electron chi connectivity index (χ4n) is 2.47. The molecule has 0 heterocycles. The minimum absolute atomic E-state index is 0.295. The highest BCUT2D eigenvalue weighted by Crippen LogP contribution is 2.24. The van der Waals surface area contributed by atoms with Crippen LogP contribution in [0.5, 0.6) is 0 Å². The van der Waals surface area contributed by atoms with E-state index in [1.54, 1.807) is 12.1 Å². The van der Waals surface area contributed by atoms with Crippen LogP contribution in [-0.2, 0) is 4.79 Å². The van der Waals surface area contributed by atoms with Crippen LogP contribution in [0.4, 0.5) is 10.5 Å². The number of nitrogens with one attached hydrogen (secondary N) is 2. The Morgan fingerprint density at radius 3 is 2.45 bits per heavy atom. The maximum atomic E-state index is 11.9. The van der Waals surface area contributed by atoms with Gasteiger partial charge < -0.3 is 15.7 Å². The van der Waals surface area contributed by atoms with Crippen molar-refractivity contribution in [1.29, 1.82) is 0 Å². The Labute approximate surface area is 125 Å². The fraction of sp³-hybridized carbons (Fsp3) is 0.429. The molecule has 1 saturated carbocycles. The molecule has 0 bridgehead atoms. The minimum atomic E-state index is -0.835. The lowest BCUT2D eigenvalue weighted by atomic mass is 9.84. The zero-order valence-corrected chi connectivity index (χ0v) is 12.5. The highest BCUT2D eigenvalue weighted by molar-refractivity contribution is 9.10. The van der Waals surface area contributed by atoms with Crippen LogP contribution in [0.3, 0.4) is 0 Å². The maximum absolute atomic E-state index is 11.9. The van der Waals surface area contributed by atoms with Crippen molar-refractivity contribution in [2.24, 2.45) is 5.92 Å². The number of hydrogen-bond acceptors (Lipinski definition) is 2. The lowest BCUT2D eigenvalue weighted by Crippen LogP contribution is -2.46. The monoisotopic (exact) mass is 340 g/mol. The van der Waals surface area contributed by atoms with Crippen LogP contribution >= 0.6 is 15.9 Å². The summed E-state index contributed by atoms with van der Waals surface area (Å²) in [7, 11) is 0. The fourth-order valence-corrected chi connectivity index (χ4v) is 2.73. The maximum Gasteiger partial charge on any atom is 0.319 e. The van der Waals surface area contributed by atoms with Crippen molar-refractivity contribution in [2.45, 2.75) is 31.7 Å². The molecule has 0 aliphatic heterocycles. The van der Waals surface area contributed by atoms with E-state index in [2.05, 4.69) is 26.6 Å². The number of amides is 2. The lowest BCUT2D eigenvalue weighted by Gasteiger charge is -2.29. The van der Waals surface area contributed by atoms with E-state index in [0.717, 1.165) is 17.3 Å². The highest BCUT2D eigenvalue weighted by atomic mass is 79.9. The third kappa shape index (κ3) is 3.96. The van der Waals surface area contributed by atoms with Crippen LogP contribution in [-0.4, -0.2) is 23.1 Å². The summed E-state index contributed by atoms with van der Waals surface area (Å²) in [6.45, 7) is 0. The first kappa shape index (κ1) is 14.8. The molecule has 5 nitrogen and oxygen atoms in total. The van der Waals surface area contributed by atoms with Crippen LogP contribution in [0, 0.1) is 5.92 Å². The normalized spacial score (nSPS) is 22.1. The number of halogens is 1. The third-order valence-electron chi connectivity index (χ3n) is 3.50. The molecule has 0 unspecified atom stereocenters. The standard InChI is InChI=1S/C14H17BrN2O3/c15-9-5-7-10(8-6-9)16-14(20)17-12-4-2-1-3-11(12)13(18)19/h5-8,11-12H,1-4H2,(H,18,19)(H2,16,17,20)/t11-,12-/m1/s1. The van der Waals surface area contributed by atoms with Crippen molar-refractivity contribution >= 4 is 33.6 Å². The van der Waals surface area contributed by atoms with Crippen molar-refractivity contribution in [1.82, 2.24) is 5.32 Å². The average Bonchev–Trinajstić information content (AvgIpc) is 2.41. The van der Waals surface area contributed by atoms with E-state index in [9.17, 15) is 9.59 Å². The number of carboxylic acid groups (broad SMARTS) is 1. The molecule has 0 saturated heterocycles. The number of aliphatic carboxylic acids is 1. The molecule has 1 aliphatic rings. The Bertz CT molecular complexity index is 490. The second-order valence-corrected chi connectivity index (χ2v) is 5.86. The first-order valence-corrected chi connectivity index (χ1v) is 7.41. The Morgan fingerprint density at radius 2 is 1.80 bits per heavy atom. The molecule has 1 fully saturated rings. The molecule has 1 aromatic carbocycles. The third-order valence-corrected chi connectivity index (χ3v) is 4.03. The number of carboxylic acids is 1.